The number of hydrogen-bond donors (Lipinski definition) is 3. The van der Waals surface area contributed by atoms with Crippen LogP contribution in [0.2, 0.25) is 0 Å². The van der Waals surface area contributed by atoms with Gasteiger partial charge in [0, 0.05) is 19.8 Å². The number of benzene rings is 1. The Morgan fingerprint density at radius 1 is 1.21 bits per heavy atom. The molecule has 0 spiro atoms. The lowest BCUT2D eigenvalue weighted by Crippen LogP contribution is -2.53. The third-order valence-electron chi connectivity index (χ3n) is 6.23. The van der Waals surface area contributed by atoms with Gasteiger partial charge in [-0.15, -0.1) is 0 Å². The Labute approximate surface area is 197 Å². The van der Waals surface area contributed by atoms with Crippen LogP contribution in [0.3, 0.4) is 0 Å². The maximum atomic E-state index is 13.3. The zero-order chi connectivity index (χ0) is 24.4. The van der Waals surface area contributed by atoms with Crippen molar-refractivity contribution in [1.29, 1.82) is 0 Å². The van der Waals surface area contributed by atoms with Gasteiger partial charge in [0.15, 0.2) is 5.76 Å². The maximum absolute atomic E-state index is 13.3. The summed E-state index contributed by atoms with van der Waals surface area (Å²) in [5.74, 6) is 0.595. The standard InChI is InChI=1S/C23H29N5O6/c1-12-21(13(2)34-27-12)26-23(31)25-14-5-8-18-16(9-14)22(30)28(4)17-7-6-15(10-20(29)24-3)33-19(17)11-32-18/h5,8-9,15,17,19H,6-7,10-11H2,1-4H3,(H,24,29)(H2,25,26,31)/t15-,17-,19+/m1/s1. The van der Waals surface area contributed by atoms with Crippen molar-refractivity contribution in [1.82, 2.24) is 15.4 Å². The molecule has 0 unspecified atom stereocenters. The lowest BCUT2D eigenvalue weighted by Gasteiger charge is -2.42. The molecule has 2 aromatic rings. The molecule has 1 aromatic carbocycles. The van der Waals surface area contributed by atoms with Gasteiger partial charge in [0.25, 0.3) is 5.91 Å². The number of rotatable bonds is 4. The topological polar surface area (TPSA) is 135 Å². The fourth-order valence-corrected chi connectivity index (χ4v) is 4.35. The van der Waals surface area contributed by atoms with Crippen molar-refractivity contribution < 1.29 is 28.4 Å². The van der Waals surface area contributed by atoms with Gasteiger partial charge in [0.2, 0.25) is 5.91 Å². The number of nitrogens with one attached hydrogen (secondary N) is 3. The van der Waals surface area contributed by atoms with E-state index in [2.05, 4.69) is 21.1 Å². The van der Waals surface area contributed by atoms with E-state index in [-0.39, 0.29) is 43.1 Å². The Morgan fingerprint density at radius 2 is 2.00 bits per heavy atom. The van der Waals surface area contributed by atoms with Crippen molar-refractivity contribution in [2.75, 3.05) is 31.3 Å². The van der Waals surface area contributed by atoms with E-state index < -0.39 is 6.03 Å². The number of carbonyl (C=O) groups is 3. The first-order valence-corrected chi connectivity index (χ1v) is 11.2. The smallest absolute Gasteiger partial charge is 0.323 e. The zero-order valence-electron chi connectivity index (χ0n) is 19.6. The number of amides is 4. The quantitative estimate of drug-likeness (QED) is 0.623. The van der Waals surface area contributed by atoms with Gasteiger partial charge < -0.3 is 34.8 Å². The third kappa shape index (κ3) is 4.84. The van der Waals surface area contributed by atoms with E-state index >= 15 is 0 Å². The molecular weight excluding hydrogens is 442 g/mol. The number of aryl methyl sites for hydroxylation is 2. The normalized spacial score (nSPS) is 21.9. The van der Waals surface area contributed by atoms with Crippen molar-refractivity contribution in [3.8, 4) is 5.75 Å². The van der Waals surface area contributed by atoms with Crippen LogP contribution >= 0.6 is 0 Å². The second kappa shape index (κ2) is 9.72. The Balaban J connectivity index is 1.48. The molecule has 1 fully saturated rings. The Bertz CT molecular complexity index is 1080. The highest BCUT2D eigenvalue weighted by Gasteiger charge is 2.39. The summed E-state index contributed by atoms with van der Waals surface area (Å²) in [7, 11) is 3.33. The summed E-state index contributed by atoms with van der Waals surface area (Å²) < 4.78 is 17.1. The molecule has 11 nitrogen and oxygen atoms in total. The highest BCUT2D eigenvalue weighted by Crippen LogP contribution is 2.32. The molecule has 3 atom stereocenters. The molecule has 182 valence electrons. The second-order valence-electron chi connectivity index (χ2n) is 8.53. The molecule has 1 aromatic heterocycles. The van der Waals surface area contributed by atoms with Gasteiger partial charge in [0.05, 0.1) is 24.1 Å². The van der Waals surface area contributed by atoms with E-state index in [1.54, 1.807) is 51.0 Å². The van der Waals surface area contributed by atoms with Crippen molar-refractivity contribution in [2.24, 2.45) is 0 Å². The molecule has 4 rings (SSSR count). The molecule has 34 heavy (non-hydrogen) atoms. The van der Waals surface area contributed by atoms with Crippen LogP contribution < -0.4 is 20.7 Å². The summed E-state index contributed by atoms with van der Waals surface area (Å²) in [6.07, 6.45) is 1.09. The van der Waals surface area contributed by atoms with Crippen LogP contribution in [0.15, 0.2) is 22.7 Å². The molecule has 1 saturated heterocycles. The highest BCUT2D eigenvalue weighted by molar-refractivity contribution is 6.03. The maximum Gasteiger partial charge on any atom is 0.323 e. The van der Waals surface area contributed by atoms with E-state index in [0.717, 1.165) is 0 Å². The fraction of sp³-hybridized carbons (Fsp3) is 0.478. The molecule has 4 amide bonds. The molecule has 0 aliphatic carbocycles. The number of aromatic nitrogens is 1. The van der Waals surface area contributed by atoms with Crippen LogP contribution in [0.1, 0.15) is 41.1 Å². The fourth-order valence-electron chi connectivity index (χ4n) is 4.35. The number of fused-ring (bicyclic) bond motifs is 2. The third-order valence-corrected chi connectivity index (χ3v) is 6.23. The number of carbonyl (C=O) groups excluding carboxylic acids is 3. The molecule has 0 saturated carbocycles. The minimum atomic E-state index is -0.482. The van der Waals surface area contributed by atoms with Crippen molar-refractivity contribution in [2.45, 2.75) is 51.4 Å². The largest absolute Gasteiger partial charge is 0.490 e. The molecule has 0 radical (unpaired) electrons. The van der Waals surface area contributed by atoms with Crippen molar-refractivity contribution in [3.05, 3.63) is 35.2 Å². The Hall–Kier alpha value is -3.60. The number of likely N-dealkylation sites (N-methyl/N-ethyl adjacent to an activating group) is 1. The highest BCUT2D eigenvalue weighted by atomic mass is 16.5. The Kier molecular flexibility index (Phi) is 6.73. The number of nitrogens with zero attached hydrogens (tertiary/aromatic N) is 2. The number of hydrogen-bond acceptors (Lipinski definition) is 7. The molecule has 3 heterocycles. The van der Waals surface area contributed by atoms with Crippen LogP contribution in [-0.4, -0.2) is 66.9 Å². The summed E-state index contributed by atoms with van der Waals surface area (Å²) >= 11 is 0. The Morgan fingerprint density at radius 3 is 2.71 bits per heavy atom. The number of ether oxygens (including phenoxy) is 2. The van der Waals surface area contributed by atoms with Crippen LogP contribution in [0, 0.1) is 13.8 Å². The van der Waals surface area contributed by atoms with E-state index in [9.17, 15) is 14.4 Å². The van der Waals surface area contributed by atoms with Gasteiger partial charge in [-0.05, 0) is 44.9 Å². The van der Waals surface area contributed by atoms with Gasteiger partial charge in [-0.3, -0.25) is 9.59 Å². The minimum Gasteiger partial charge on any atom is -0.490 e. The van der Waals surface area contributed by atoms with Gasteiger partial charge in [-0.25, -0.2) is 4.79 Å². The van der Waals surface area contributed by atoms with Crippen molar-refractivity contribution in [3.63, 3.8) is 0 Å². The molecule has 2 aliphatic heterocycles. The summed E-state index contributed by atoms with van der Waals surface area (Å²) in [6, 6.07) is 4.25. The van der Waals surface area contributed by atoms with Crippen LogP contribution in [0.25, 0.3) is 0 Å². The average Bonchev–Trinajstić information content (AvgIpc) is 3.13. The van der Waals surface area contributed by atoms with E-state index in [4.69, 9.17) is 14.0 Å². The predicted octanol–water partition coefficient (Wildman–Crippen LogP) is 2.45. The molecule has 0 bridgehead atoms. The van der Waals surface area contributed by atoms with Gasteiger partial charge >= 0.3 is 6.03 Å². The van der Waals surface area contributed by atoms with Crippen molar-refractivity contribution >= 4 is 29.2 Å². The SMILES string of the molecule is CNC(=O)C[C@H]1CC[C@@H]2[C@H](COc3ccc(NC(=O)Nc4c(C)noc4C)cc3C(=O)N2C)O1. The van der Waals surface area contributed by atoms with E-state index in [0.29, 0.717) is 47.0 Å². The monoisotopic (exact) mass is 471 g/mol. The summed E-state index contributed by atoms with van der Waals surface area (Å²) in [4.78, 5) is 39.2. The predicted molar refractivity (Wildman–Crippen MR) is 123 cm³/mol. The molecule has 11 heteroatoms. The lowest BCUT2D eigenvalue weighted by atomic mass is 9.94. The van der Waals surface area contributed by atoms with Crippen LogP contribution in [0.5, 0.6) is 5.75 Å². The first-order valence-electron chi connectivity index (χ1n) is 11.2. The first kappa shape index (κ1) is 23.6. The molecule has 2 aliphatic rings. The van der Waals surface area contributed by atoms with Crippen LogP contribution in [-0.2, 0) is 9.53 Å². The van der Waals surface area contributed by atoms with Gasteiger partial charge in [-0.1, -0.05) is 5.16 Å². The summed E-state index contributed by atoms with van der Waals surface area (Å²) in [5, 5.41) is 11.9. The number of urea groups is 1. The zero-order valence-corrected chi connectivity index (χ0v) is 19.6. The summed E-state index contributed by atoms with van der Waals surface area (Å²) in [6.45, 7) is 3.68. The number of anilines is 2. The van der Waals surface area contributed by atoms with E-state index in [1.807, 2.05) is 0 Å². The van der Waals surface area contributed by atoms with Crippen LogP contribution in [0.4, 0.5) is 16.2 Å². The lowest BCUT2D eigenvalue weighted by molar-refractivity contribution is -0.133. The van der Waals surface area contributed by atoms with E-state index in [1.165, 1.54) is 0 Å². The van der Waals surface area contributed by atoms with Gasteiger partial charge in [0.1, 0.15) is 29.8 Å². The molecule has 3 N–H and O–H groups in total. The second-order valence-corrected chi connectivity index (χ2v) is 8.53. The molecular formula is C23H29N5O6. The minimum absolute atomic E-state index is 0.0802. The first-order chi connectivity index (χ1) is 16.3. The average molecular weight is 472 g/mol. The summed E-state index contributed by atoms with van der Waals surface area (Å²) in [5.41, 5.74) is 1.86. The van der Waals surface area contributed by atoms with Gasteiger partial charge in [-0.2, -0.15) is 0 Å².